The molecule has 4 nitrogen and oxygen atoms in total. The summed E-state index contributed by atoms with van der Waals surface area (Å²) >= 11 is 1.61. The van der Waals surface area contributed by atoms with Crippen LogP contribution < -0.4 is 5.32 Å². The van der Waals surface area contributed by atoms with Crippen LogP contribution in [-0.2, 0) is 15.6 Å². The number of fused-ring (bicyclic) bond motifs is 1. The van der Waals surface area contributed by atoms with Crippen LogP contribution in [0.25, 0.3) is 10.9 Å². The van der Waals surface area contributed by atoms with Gasteiger partial charge in [0.15, 0.2) is 0 Å². The SMILES string of the molecule is CNc1nc2ccccc2cc1CSCCS(C)(=O)=O. The molecule has 1 aromatic carbocycles. The van der Waals surface area contributed by atoms with E-state index in [1.807, 2.05) is 31.3 Å². The lowest BCUT2D eigenvalue weighted by Gasteiger charge is -2.10. The Balaban J connectivity index is 2.12. The number of anilines is 1. The molecule has 0 aliphatic carbocycles. The molecule has 0 fully saturated rings. The number of rotatable bonds is 6. The smallest absolute Gasteiger partial charge is 0.148 e. The highest BCUT2D eigenvalue weighted by Gasteiger charge is 2.07. The van der Waals surface area contributed by atoms with Gasteiger partial charge in [-0.25, -0.2) is 13.4 Å². The zero-order chi connectivity index (χ0) is 14.6. The number of sulfone groups is 1. The van der Waals surface area contributed by atoms with Gasteiger partial charge in [0.2, 0.25) is 0 Å². The zero-order valence-electron chi connectivity index (χ0n) is 11.6. The molecule has 1 heterocycles. The minimum absolute atomic E-state index is 0.216. The van der Waals surface area contributed by atoms with Gasteiger partial charge in [-0.3, -0.25) is 0 Å². The number of nitrogens with one attached hydrogen (secondary N) is 1. The van der Waals surface area contributed by atoms with Crippen LogP contribution in [0.5, 0.6) is 0 Å². The third-order valence-electron chi connectivity index (χ3n) is 2.90. The van der Waals surface area contributed by atoms with E-state index in [0.29, 0.717) is 5.75 Å². The van der Waals surface area contributed by atoms with E-state index in [9.17, 15) is 8.42 Å². The molecule has 0 unspecified atom stereocenters. The van der Waals surface area contributed by atoms with Gasteiger partial charge < -0.3 is 5.32 Å². The van der Waals surface area contributed by atoms with Gasteiger partial charge in [0, 0.05) is 35.8 Å². The molecule has 0 aliphatic heterocycles. The Morgan fingerprint density at radius 2 is 2.05 bits per heavy atom. The fourth-order valence-electron chi connectivity index (χ4n) is 1.88. The van der Waals surface area contributed by atoms with Gasteiger partial charge in [-0.15, -0.1) is 0 Å². The molecular weight excluding hydrogens is 292 g/mol. The number of benzene rings is 1. The van der Waals surface area contributed by atoms with Gasteiger partial charge in [0.05, 0.1) is 11.3 Å². The van der Waals surface area contributed by atoms with E-state index in [1.165, 1.54) is 6.26 Å². The second-order valence-electron chi connectivity index (χ2n) is 4.62. The summed E-state index contributed by atoms with van der Waals surface area (Å²) in [5.41, 5.74) is 2.06. The summed E-state index contributed by atoms with van der Waals surface area (Å²) in [6.07, 6.45) is 1.27. The number of pyridine rings is 1. The first-order valence-corrected chi connectivity index (χ1v) is 9.53. The monoisotopic (exact) mass is 310 g/mol. The van der Waals surface area contributed by atoms with Crippen LogP contribution in [0.3, 0.4) is 0 Å². The summed E-state index contributed by atoms with van der Waals surface area (Å²) in [4.78, 5) is 4.58. The molecule has 0 saturated heterocycles. The Bertz CT molecular complexity index is 699. The van der Waals surface area contributed by atoms with E-state index in [-0.39, 0.29) is 5.75 Å². The molecule has 108 valence electrons. The molecule has 0 spiro atoms. The highest BCUT2D eigenvalue weighted by molar-refractivity contribution is 7.99. The number of thioether (sulfide) groups is 1. The summed E-state index contributed by atoms with van der Waals surface area (Å²) < 4.78 is 22.2. The third kappa shape index (κ3) is 4.11. The van der Waals surface area contributed by atoms with Gasteiger partial charge in [-0.1, -0.05) is 18.2 Å². The van der Waals surface area contributed by atoms with Crippen LogP contribution in [-0.4, -0.2) is 38.2 Å². The average Bonchev–Trinajstić information content (AvgIpc) is 2.41. The van der Waals surface area contributed by atoms with Gasteiger partial charge >= 0.3 is 0 Å². The highest BCUT2D eigenvalue weighted by Crippen LogP contribution is 2.24. The summed E-state index contributed by atoms with van der Waals surface area (Å²) in [6, 6.07) is 10.1. The van der Waals surface area contributed by atoms with Crippen molar-refractivity contribution in [3.8, 4) is 0 Å². The lowest BCUT2D eigenvalue weighted by atomic mass is 10.1. The molecule has 2 aromatic rings. The van der Waals surface area contributed by atoms with Gasteiger partial charge in [0.25, 0.3) is 0 Å². The van der Waals surface area contributed by atoms with Gasteiger partial charge in [0.1, 0.15) is 15.7 Å². The minimum atomic E-state index is -2.88. The first-order valence-electron chi connectivity index (χ1n) is 6.31. The predicted molar refractivity (Wildman–Crippen MR) is 87.2 cm³/mol. The molecule has 0 saturated carbocycles. The average molecular weight is 310 g/mol. The van der Waals surface area contributed by atoms with E-state index < -0.39 is 9.84 Å². The number of hydrogen-bond acceptors (Lipinski definition) is 5. The van der Waals surface area contributed by atoms with E-state index in [4.69, 9.17) is 0 Å². The normalized spacial score (nSPS) is 11.7. The molecule has 1 N–H and O–H groups in total. The van der Waals surface area contributed by atoms with Crippen molar-refractivity contribution in [2.45, 2.75) is 5.75 Å². The maximum Gasteiger partial charge on any atom is 0.148 e. The fourth-order valence-corrected chi connectivity index (χ4v) is 4.15. The summed E-state index contributed by atoms with van der Waals surface area (Å²) in [5.74, 6) is 2.43. The third-order valence-corrected chi connectivity index (χ3v) is 5.11. The zero-order valence-corrected chi connectivity index (χ0v) is 13.2. The second kappa shape index (κ2) is 6.45. The van der Waals surface area contributed by atoms with Crippen molar-refractivity contribution in [1.82, 2.24) is 4.98 Å². The van der Waals surface area contributed by atoms with Crippen LogP contribution in [0.4, 0.5) is 5.82 Å². The quantitative estimate of drug-likeness (QED) is 0.831. The molecule has 0 aliphatic rings. The van der Waals surface area contributed by atoms with Crippen LogP contribution >= 0.6 is 11.8 Å². The first kappa shape index (κ1) is 15.1. The van der Waals surface area contributed by atoms with Crippen LogP contribution in [0.2, 0.25) is 0 Å². The molecule has 6 heteroatoms. The number of hydrogen-bond donors (Lipinski definition) is 1. The number of para-hydroxylation sites is 1. The summed E-state index contributed by atoms with van der Waals surface area (Å²) in [7, 11) is -1.03. The molecule has 20 heavy (non-hydrogen) atoms. The fraction of sp³-hybridized carbons (Fsp3) is 0.357. The van der Waals surface area contributed by atoms with Crippen molar-refractivity contribution in [1.29, 1.82) is 0 Å². The van der Waals surface area contributed by atoms with Gasteiger partial charge in [-0.05, 0) is 12.1 Å². The van der Waals surface area contributed by atoms with Crippen molar-refractivity contribution in [3.05, 3.63) is 35.9 Å². The Morgan fingerprint density at radius 3 is 2.75 bits per heavy atom. The van der Waals surface area contributed by atoms with Crippen LogP contribution in [0.15, 0.2) is 30.3 Å². The minimum Gasteiger partial charge on any atom is -0.373 e. The van der Waals surface area contributed by atoms with Crippen molar-refractivity contribution in [3.63, 3.8) is 0 Å². The Morgan fingerprint density at radius 1 is 1.30 bits per heavy atom. The van der Waals surface area contributed by atoms with E-state index in [2.05, 4.69) is 16.4 Å². The van der Waals surface area contributed by atoms with E-state index in [1.54, 1.807) is 11.8 Å². The number of aromatic nitrogens is 1. The molecule has 1 aromatic heterocycles. The number of nitrogens with zero attached hydrogens (tertiary/aromatic N) is 1. The standard InChI is InChI=1S/C14H18N2O2S2/c1-15-14-12(10-19-7-8-20(2,17)18)9-11-5-3-4-6-13(11)16-14/h3-6,9H,7-8,10H2,1-2H3,(H,15,16). The van der Waals surface area contributed by atoms with E-state index in [0.717, 1.165) is 28.0 Å². The highest BCUT2D eigenvalue weighted by atomic mass is 32.2. The van der Waals surface area contributed by atoms with E-state index >= 15 is 0 Å². The summed E-state index contributed by atoms with van der Waals surface area (Å²) in [5, 5.41) is 4.20. The van der Waals surface area contributed by atoms with Gasteiger partial charge in [-0.2, -0.15) is 11.8 Å². The predicted octanol–water partition coefficient (Wildman–Crippen LogP) is 2.55. The molecule has 2 rings (SSSR count). The van der Waals surface area contributed by atoms with Crippen molar-refractivity contribution in [2.75, 3.05) is 30.1 Å². The topological polar surface area (TPSA) is 59.1 Å². The van der Waals surface area contributed by atoms with Crippen molar-refractivity contribution < 1.29 is 8.42 Å². The largest absolute Gasteiger partial charge is 0.373 e. The Kier molecular flexibility index (Phi) is 4.88. The lowest BCUT2D eigenvalue weighted by molar-refractivity contribution is 0.603. The Hall–Kier alpha value is -1.27. The summed E-state index contributed by atoms with van der Waals surface area (Å²) in [6.45, 7) is 0. The molecule has 0 bridgehead atoms. The molecule has 0 amide bonds. The van der Waals surface area contributed by atoms with Crippen molar-refractivity contribution in [2.24, 2.45) is 0 Å². The van der Waals surface area contributed by atoms with Crippen molar-refractivity contribution >= 4 is 38.3 Å². The molecule has 0 atom stereocenters. The molecule has 0 radical (unpaired) electrons. The maximum absolute atomic E-state index is 11.1. The lowest BCUT2D eigenvalue weighted by Crippen LogP contribution is -2.05. The first-order chi connectivity index (χ1) is 9.49. The molecular formula is C14H18N2O2S2. The van der Waals surface area contributed by atoms with Crippen LogP contribution in [0, 0.1) is 0 Å². The van der Waals surface area contributed by atoms with Crippen LogP contribution in [0.1, 0.15) is 5.56 Å². The second-order valence-corrected chi connectivity index (χ2v) is 7.99. The maximum atomic E-state index is 11.1. The Labute approximate surface area is 123 Å².